The van der Waals surface area contributed by atoms with Crippen LogP contribution in [0.1, 0.15) is 36.5 Å². The number of H-pyrrole nitrogens is 1. The SMILES string of the molecule is CC(C)Cc1cc(C(=O)NC[C@@]2(O)CCSC2)n[nH]1. The van der Waals surface area contributed by atoms with Gasteiger partial charge in [0.05, 0.1) is 5.60 Å². The minimum absolute atomic E-state index is 0.225. The predicted molar refractivity (Wildman–Crippen MR) is 76.4 cm³/mol. The second kappa shape index (κ2) is 5.96. The number of amides is 1. The first-order valence-corrected chi connectivity index (χ1v) is 7.77. The van der Waals surface area contributed by atoms with Crippen LogP contribution in [0.2, 0.25) is 0 Å². The van der Waals surface area contributed by atoms with Crippen LogP contribution in [0.5, 0.6) is 0 Å². The van der Waals surface area contributed by atoms with Crippen molar-refractivity contribution >= 4 is 17.7 Å². The molecule has 0 bridgehead atoms. The molecule has 1 atom stereocenters. The molecule has 0 aromatic carbocycles. The van der Waals surface area contributed by atoms with Crippen molar-refractivity contribution in [1.82, 2.24) is 15.5 Å². The second-order valence-corrected chi connectivity index (χ2v) is 6.69. The highest BCUT2D eigenvalue weighted by atomic mass is 32.2. The largest absolute Gasteiger partial charge is 0.387 e. The average Bonchev–Trinajstić information content (AvgIpc) is 2.95. The van der Waals surface area contributed by atoms with Crippen LogP contribution in [0, 0.1) is 5.92 Å². The fraction of sp³-hybridized carbons (Fsp3) is 0.692. The normalized spacial score (nSPS) is 22.9. The van der Waals surface area contributed by atoms with Gasteiger partial charge in [-0.3, -0.25) is 9.89 Å². The van der Waals surface area contributed by atoms with Crippen LogP contribution < -0.4 is 5.32 Å². The second-order valence-electron chi connectivity index (χ2n) is 5.59. The van der Waals surface area contributed by atoms with E-state index in [1.807, 2.05) is 0 Å². The van der Waals surface area contributed by atoms with Crippen molar-refractivity contribution in [3.8, 4) is 0 Å². The van der Waals surface area contributed by atoms with Gasteiger partial charge >= 0.3 is 0 Å². The molecule has 0 spiro atoms. The van der Waals surface area contributed by atoms with Crippen molar-refractivity contribution in [2.24, 2.45) is 5.92 Å². The van der Waals surface area contributed by atoms with E-state index in [0.29, 0.717) is 23.9 Å². The summed E-state index contributed by atoms with van der Waals surface area (Å²) < 4.78 is 0. The minimum atomic E-state index is -0.753. The summed E-state index contributed by atoms with van der Waals surface area (Å²) in [5, 5.41) is 19.8. The van der Waals surface area contributed by atoms with Gasteiger partial charge in [-0.05, 0) is 30.6 Å². The van der Waals surface area contributed by atoms with Gasteiger partial charge in [0.15, 0.2) is 0 Å². The molecule has 1 fully saturated rings. The average molecular weight is 283 g/mol. The summed E-state index contributed by atoms with van der Waals surface area (Å²) in [4.78, 5) is 11.9. The molecule has 0 saturated carbocycles. The zero-order chi connectivity index (χ0) is 13.9. The first kappa shape index (κ1) is 14.4. The van der Waals surface area contributed by atoms with E-state index < -0.39 is 5.60 Å². The number of aromatic nitrogens is 2. The van der Waals surface area contributed by atoms with Gasteiger partial charge in [-0.25, -0.2) is 0 Å². The summed E-state index contributed by atoms with van der Waals surface area (Å²) >= 11 is 1.72. The summed E-state index contributed by atoms with van der Waals surface area (Å²) in [7, 11) is 0. The molecule has 2 rings (SSSR count). The maximum atomic E-state index is 11.9. The summed E-state index contributed by atoms with van der Waals surface area (Å²) in [6, 6.07) is 1.78. The van der Waals surface area contributed by atoms with E-state index in [1.165, 1.54) is 0 Å². The first-order chi connectivity index (χ1) is 8.98. The van der Waals surface area contributed by atoms with Gasteiger partial charge in [-0.1, -0.05) is 13.8 Å². The number of thioether (sulfide) groups is 1. The van der Waals surface area contributed by atoms with Gasteiger partial charge in [0.25, 0.3) is 5.91 Å². The Morgan fingerprint density at radius 3 is 3.11 bits per heavy atom. The van der Waals surface area contributed by atoms with E-state index in [4.69, 9.17) is 0 Å². The standard InChI is InChI=1S/C13H21N3O2S/c1-9(2)5-10-6-11(16-15-10)12(17)14-7-13(18)3-4-19-8-13/h6,9,18H,3-5,7-8H2,1-2H3,(H,14,17)(H,15,16)/t13-/m0/s1. The summed E-state index contributed by atoms with van der Waals surface area (Å²) in [6.07, 6.45) is 1.61. The Morgan fingerprint density at radius 2 is 2.47 bits per heavy atom. The monoisotopic (exact) mass is 283 g/mol. The zero-order valence-corrected chi connectivity index (χ0v) is 12.2. The van der Waals surface area contributed by atoms with E-state index in [9.17, 15) is 9.90 Å². The third kappa shape index (κ3) is 3.98. The lowest BCUT2D eigenvalue weighted by molar-refractivity contribution is 0.0611. The van der Waals surface area contributed by atoms with Crippen molar-refractivity contribution in [3.63, 3.8) is 0 Å². The Kier molecular flexibility index (Phi) is 4.52. The fourth-order valence-electron chi connectivity index (χ4n) is 2.09. The van der Waals surface area contributed by atoms with Gasteiger partial charge in [0.2, 0.25) is 0 Å². The molecular formula is C13H21N3O2S. The highest BCUT2D eigenvalue weighted by Crippen LogP contribution is 2.26. The highest BCUT2D eigenvalue weighted by molar-refractivity contribution is 7.99. The lowest BCUT2D eigenvalue weighted by atomic mass is 10.0. The molecular weight excluding hydrogens is 262 g/mol. The number of carbonyl (C=O) groups excluding carboxylic acids is 1. The third-order valence-corrected chi connectivity index (χ3v) is 4.39. The van der Waals surface area contributed by atoms with Gasteiger partial charge in [-0.2, -0.15) is 16.9 Å². The molecule has 0 radical (unpaired) electrons. The first-order valence-electron chi connectivity index (χ1n) is 6.61. The van der Waals surface area contributed by atoms with Crippen LogP contribution >= 0.6 is 11.8 Å². The quantitative estimate of drug-likeness (QED) is 0.759. The van der Waals surface area contributed by atoms with Gasteiger partial charge < -0.3 is 10.4 Å². The molecule has 3 N–H and O–H groups in total. The Balaban J connectivity index is 1.87. The van der Waals surface area contributed by atoms with Crippen LogP contribution in [-0.2, 0) is 6.42 Å². The molecule has 1 aromatic heterocycles. The highest BCUT2D eigenvalue weighted by Gasteiger charge is 2.32. The number of carbonyl (C=O) groups is 1. The Morgan fingerprint density at radius 1 is 1.68 bits per heavy atom. The molecule has 2 heterocycles. The van der Waals surface area contributed by atoms with Crippen molar-refractivity contribution in [1.29, 1.82) is 0 Å². The van der Waals surface area contributed by atoms with Crippen LogP contribution in [0.4, 0.5) is 0 Å². The lowest BCUT2D eigenvalue weighted by Crippen LogP contribution is -2.43. The van der Waals surface area contributed by atoms with Crippen molar-refractivity contribution < 1.29 is 9.90 Å². The lowest BCUT2D eigenvalue weighted by Gasteiger charge is -2.21. The van der Waals surface area contributed by atoms with Crippen LogP contribution in [-0.4, -0.2) is 44.9 Å². The fourth-order valence-corrected chi connectivity index (χ4v) is 3.39. The third-order valence-electron chi connectivity index (χ3n) is 3.15. The van der Waals surface area contributed by atoms with Gasteiger partial charge in [0, 0.05) is 18.0 Å². The number of hydrogen-bond acceptors (Lipinski definition) is 4. The molecule has 106 valence electrons. The van der Waals surface area contributed by atoms with E-state index in [2.05, 4.69) is 29.4 Å². The van der Waals surface area contributed by atoms with Gasteiger partial charge in [-0.15, -0.1) is 0 Å². The van der Waals surface area contributed by atoms with Crippen molar-refractivity contribution in [2.45, 2.75) is 32.3 Å². The van der Waals surface area contributed by atoms with E-state index >= 15 is 0 Å². The smallest absolute Gasteiger partial charge is 0.271 e. The number of nitrogens with one attached hydrogen (secondary N) is 2. The molecule has 6 heteroatoms. The number of nitrogens with zero attached hydrogens (tertiary/aromatic N) is 1. The topological polar surface area (TPSA) is 78.0 Å². The molecule has 19 heavy (non-hydrogen) atoms. The predicted octanol–water partition coefficient (Wildman–Crippen LogP) is 1.21. The van der Waals surface area contributed by atoms with E-state index in [1.54, 1.807) is 17.8 Å². The summed E-state index contributed by atoms with van der Waals surface area (Å²) in [5.41, 5.74) is 0.609. The van der Waals surface area contributed by atoms with E-state index in [0.717, 1.165) is 24.3 Å². The Hall–Kier alpha value is -1.01. The maximum absolute atomic E-state index is 11.9. The Labute approximate surface area is 117 Å². The number of hydrogen-bond donors (Lipinski definition) is 3. The van der Waals surface area contributed by atoms with Crippen molar-refractivity contribution in [3.05, 3.63) is 17.5 Å². The van der Waals surface area contributed by atoms with Crippen molar-refractivity contribution in [2.75, 3.05) is 18.1 Å². The van der Waals surface area contributed by atoms with E-state index in [-0.39, 0.29) is 5.91 Å². The maximum Gasteiger partial charge on any atom is 0.271 e. The number of aliphatic hydroxyl groups is 1. The minimum Gasteiger partial charge on any atom is -0.387 e. The van der Waals surface area contributed by atoms with Crippen LogP contribution in [0.25, 0.3) is 0 Å². The molecule has 1 aliphatic heterocycles. The zero-order valence-electron chi connectivity index (χ0n) is 11.4. The summed E-state index contributed by atoms with van der Waals surface area (Å²) in [6.45, 7) is 4.53. The molecule has 1 aromatic rings. The number of aromatic amines is 1. The summed E-state index contributed by atoms with van der Waals surface area (Å²) in [5.74, 6) is 1.93. The molecule has 1 saturated heterocycles. The molecule has 1 aliphatic rings. The number of rotatable bonds is 5. The molecule has 0 unspecified atom stereocenters. The van der Waals surface area contributed by atoms with Crippen LogP contribution in [0.3, 0.4) is 0 Å². The molecule has 0 aliphatic carbocycles. The molecule has 5 nitrogen and oxygen atoms in total. The van der Waals surface area contributed by atoms with Crippen LogP contribution in [0.15, 0.2) is 6.07 Å². The molecule has 1 amide bonds. The Bertz CT molecular complexity index is 439. The van der Waals surface area contributed by atoms with Gasteiger partial charge in [0.1, 0.15) is 5.69 Å².